The van der Waals surface area contributed by atoms with E-state index in [1.54, 1.807) is 6.07 Å². The van der Waals surface area contributed by atoms with Crippen molar-refractivity contribution < 1.29 is 8.42 Å². The maximum atomic E-state index is 11.1. The summed E-state index contributed by atoms with van der Waals surface area (Å²) in [5.74, 6) is -0.517. The lowest BCUT2D eigenvalue weighted by molar-refractivity contribution is 0.584. The quantitative estimate of drug-likeness (QED) is 0.812. The molecule has 0 amide bonds. The molecule has 1 rings (SSSR count). The van der Waals surface area contributed by atoms with Gasteiger partial charge in [-0.15, -0.1) is 11.3 Å². The first-order chi connectivity index (χ1) is 6.53. The predicted octanol–water partition coefficient (Wildman–Crippen LogP) is 0.395. The number of nitrogens with one attached hydrogen (secondary N) is 1. The van der Waals surface area contributed by atoms with Crippen molar-refractivity contribution in [2.45, 2.75) is 13.5 Å². The van der Waals surface area contributed by atoms with Gasteiger partial charge in [-0.25, -0.2) is 18.1 Å². The molecule has 0 aliphatic carbocycles. The van der Waals surface area contributed by atoms with Crippen molar-refractivity contribution in [3.63, 3.8) is 0 Å². The standard InChI is InChI=1S/C7H9N3O2S2/c1-6-5-13-7(10-6)4-9-14(11,12)3-2-8/h5,9H,3-4H2,1H3. The monoisotopic (exact) mass is 231 g/mol. The van der Waals surface area contributed by atoms with Gasteiger partial charge in [0, 0.05) is 11.1 Å². The molecule has 0 aromatic carbocycles. The number of nitrogens with zero attached hydrogens (tertiary/aromatic N) is 2. The number of rotatable bonds is 4. The van der Waals surface area contributed by atoms with Gasteiger partial charge < -0.3 is 0 Å². The van der Waals surface area contributed by atoms with Gasteiger partial charge in [0.05, 0.1) is 12.6 Å². The summed E-state index contributed by atoms with van der Waals surface area (Å²) < 4.78 is 24.4. The van der Waals surface area contributed by atoms with Crippen molar-refractivity contribution in [3.8, 4) is 6.07 Å². The number of sulfonamides is 1. The Hall–Kier alpha value is -0.970. The third-order valence-electron chi connectivity index (χ3n) is 1.36. The highest BCUT2D eigenvalue weighted by atomic mass is 32.2. The Bertz CT molecular complexity index is 444. The van der Waals surface area contributed by atoms with Gasteiger partial charge in [-0.05, 0) is 6.92 Å². The van der Waals surface area contributed by atoms with E-state index in [9.17, 15) is 8.42 Å². The summed E-state index contributed by atoms with van der Waals surface area (Å²) >= 11 is 1.39. The maximum Gasteiger partial charge on any atom is 0.225 e. The minimum Gasteiger partial charge on any atom is -0.245 e. The SMILES string of the molecule is Cc1csc(CNS(=O)(=O)CC#N)n1. The van der Waals surface area contributed by atoms with Crippen molar-refractivity contribution >= 4 is 21.4 Å². The first-order valence-electron chi connectivity index (χ1n) is 3.79. The van der Waals surface area contributed by atoms with E-state index in [1.165, 1.54) is 11.3 Å². The van der Waals surface area contributed by atoms with Crippen LogP contribution in [0.4, 0.5) is 0 Å². The number of hydrogen-bond donors (Lipinski definition) is 1. The Morgan fingerprint density at radius 2 is 2.43 bits per heavy atom. The van der Waals surface area contributed by atoms with E-state index in [1.807, 2.05) is 12.3 Å². The highest BCUT2D eigenvalue weighted by molar-refractivity contribution is 7.89. The fraction of sp³-hybridized carbons (Fsp3) is 0.429. The molecule has 0 spiro atoms. The van der Waals surface area contributed by atoms with Gasteiger partial charge in [0.15, 0.2) is 5.75 Å². The Labute approximate surface area is 86.5 Å². The second-order valence-corrected chi connectivity index (χ2v) is 5.37. The second kappa shape index (κ2) is 4.50. The van der Waals surface area contributed by atoms with E-state index in [0.717, 1.165) is 5.69 Å². The van der Waals surface area contributed by atoms with E-state index in [4.69, 9.17) is 5.26 Å². The molecule has 0 atom stereocenters. The smallest absolute Gasteiger partial charge is 0.225 e. The Morgan fingerprint density at radius 1 is 1.71 bits per heavy atom. The summed E-state index contributed by atoms with van der Waals surface area (Å²) in [6.45, 7) is 1.99. The number of aromatic nitrogens is 1. The maximum absolute atomic E-state index is 11.1. The largest absolute Gasteiger partial charge is 0.245 e. The van der Waals surface area contributed by atoms with Crippen LogP contribution in [-0.2, 0) is 16.6 Å². The van der Waals surface area contributed by atoms with Crippen molar-refractivity contribution in [3.05, 3.63) is 16.1 Å². The van der Waals surface area contributed by atoms with Gasteiger partial charge in [0.1, 0.15) is 5.01 Å². The van der Waals surface area contributed by atoms with E-state index in [2.05, 4.69) is 9.71 Å². The molecule has 1 N–H and O–H groups in total. The third kappa shape index (κ3) is 3.41. The molecule has 5 nitrogen and oxygen atoms in total. The predicted molar refractivity (Wildman–Crippen MR) is 53.1 cm³/mol. The zero-order chi connectivity index (χ0) is 10.6. The van der Waals surface area contributed by atoms with E-state index >= 15 is 0 Å². The lowest BCUT2D eigenvalue weighted by atomic mass is 10.6. The van der Waals surface area contributed by atoms with Crippen molar-refractivity contribution in [1.82, 2.24) is 9.71 Å². The molecule has 0 saturated heterocycles. The zero-order valence-corrected chi connectivity index (χ0v) is 9.15. The lowest BCUT2D eigenvalue weighted by Crippen LogP contribution is -2.25. The molecule has 7 heteroatoms. The molecule has 0 aliphatic heterocycles. The highest BCUT2D eigenvalue weighted by Gasteiger charge is 2.09. The average molecular weight is 231 g/mol. The van der Waals surface area contributed by atoms with E-state index < -0.39 is 15.8 Å². The van der Waals surface area contributed by atoms with Crippen LogP contribution in [0.25, 0.3) is 0 Å². The van der Waals surface area contributed by atoms with Crippen LogP contribution in [0.1, 0.15) is 10.7 Å². The molecule has 0 radical (unpaired) electrons. The molecule has 1 aromatic rings. The minimum atomic E-state index is -3.47. The first-order valence-corrected chi connectivity index (χ1v) is 6.32. The summed E-state index contributed by atoms with van der Waals surface area (Å²) in [5, 5.41) is 10.8. The molecule has 0 unspecified atom stereocenters. The van der Waals surface area contributed by atoms with Crippen LogP contribution in [-0.4, -0.2) is 19.2 Å². The summed E-state index contributed by atoms with van der Waals surface area (Å²) in [6, 6.07) is 1.58. The Kier molecular flexibility index (Phi) is 3.57. The topological polar surface area (TPSA) is 82.9 Å². The van der Waals surface area contributed by atoms with Gasteiger partial charge in [0.25, 0.3) is 0 Å². The molecule has 0 fully saturated rings. The van der Waals surface area contributed by atoms with Crippen molar-refractivity contribution in [2.24, 2.45) is 0 Å². The molecule has 14 heavy (non-hydrogen) atoms. The minimum absolute atomic E-state index is 0.155. The molecule has 1 aromatic heterocycles. The van der Waals surface area contributed by atoms with Crippen LogP contribution in [0, 0.1) is 18.3 Å². The first kappa shape index (κ1) is 11.1. The fourth-order valence-corrected chi connectivity index (χ4v) is 2.22. The van der Waals surface area contributed by atoms with Gasteiger partial charge in [-0.1, -0.05) is 0 Å². The normalized spacial score (nSPS) is 11.1. The average Bonchev–Trinajstić information content (AvgIpc) is 2.48. The lowest BCUT2D eigenvalue weighted by Gasteiger charge is -1.99. The highest BCUT2D eigenvalue weighted by Crippen LogP contribution is 2.08. The summed E-state index contributed by atoms with van der Waals surface area (Å²) in [6.07, 6.45) is 0. The number of aryl methyl sites for hydroxylation is 1. The van der Waals surface area contributed by atoms with Crippen LogP contribution in [0.3, 0.4) is 0 Å². The molecular weight excluding hydrogens is 222 g/mol. The van der Waals surface area contributed by atoms with Crippen molar-refractivity contribution in [2.75, 3.05) is 5.75 Å². The summed E-state index contributed by atoms with van der Waals surface area (Å²) in [4.78, 5) is 4.08. The molecule has 0 bridgehead atoms. The van der Waals surface area contributed by atoms with Gasteiger partial charge >= 0.3 is 0 Å². The van der Waals surface area contributed by atoms with E-state index in [-0.39, 0.29) is 6.54 Å². The van der Waals surface area contributed by atoms with Crippen molar-refractivity contribution in [1.29, 1.82) is 5.26 Å². The fourth-order valence-electron chi connectivity index (χ4n) is 0.792. The van der Waals surface area contributed by atoms with Crippen LogP contribution in [0.2, 0.25) is 0 Å². The Balaban J connectivity index is 2.54. The van der Waals surface area contributed by atoms with Gasteiger partial charge in [-0.2, -0.15) is 5.26 Å². The number of thiazole rings is 1. The van der Waals surface area contributed by atoms with Crippen LogP contribution in [0.5, 0.6) is 0 Å². The second-order valence-electron chi connectivity index (χ2n) is 2.62. The van der Waals surface area contributed by atoms with Crippen LogP contribution in [0.15, 0.2) is 5.38 Å². The zero-order valence-electron chi connectivity index (χ0n) is 7.52. The molecule has 0 aliphatic rings. The Morgan fingerprint density at radius 3 is 2.93 bits per heavy atom. The van der Waals surface area contributed by atoms with Gasteiger partial charge in [-0.3, -0.25) is 0 Å². The number of hydrogen-bond acceptors (Lipinski definition) is 5. The third-order valence-corrected chi connectivity index (χ3v) is 3.42. The molecule has 1 heterocycles. The molecule has 0 saturated carbocycles. The molecule has 76 valence electrons. The van der Waals surface area contributed by atoms with E-state index in [0.29, 0.717) is 5.01 Å². The van der Waals surface area contributed by atoms with Crippen LogP contribution < -0.4 is 4.72 Å². The summed E-state index contributed by atoms with van der Waals surface area (Å²) in [7, 11) is -3.47. The number of nitriles is 1. The summed E-state index contributed by atoms with van der Waals surface area (Å²) in [5.41, 5.74) is 0.865. The van der Waals surface area contributed by atoms with Gasteiger partial charge in [0.2, 0.25) is 10.0 Å². The van der Waals surface area contributed by atoms with Crippen LogP contribution >= 0.6 is 11.3 Å². The molecular formula is C7H9N3O2S2.